The van der Waals surface area contributed by atoms with Crippen LogP contribution in [0.1, 0.15) is 31.1 Å². The molecule has 0 unspecified atom stereocenters. The van der Waals surface area contributed by atoms with Gasteiger partial charge in [0.25, 0.3) is 0 Å². The van der Waals surface area contributed by atoms with Crippen molar-refractivity contribution in [2.75, 3.05) is 32.7 Å². The third-order valence-electron chi connectivity index (χ3n) is 3.03. The molecule has 0 radical (unpaired) electrons. The van der Waals surface area contributed by atoms with Crippen molar-refractivity contribution in [3.05, 3.63) is 23.8 Å². The van der Waals surface area contributed by atoms with Crippen LogP contribution >= 0.6 is 0 Å². The van der Waals surface area contributed by atoms with E-state index in [1.165, 1.54) is 7.11 Å². The smallest absolute Gasteiger partial charge is 0.337 e. The molecule has 0 fully saturated rings. The molecule has 1 aromatic carbocycles. The summed E-state index contributed by atoms with van der Waals surface area (Å²) in [6.45, 7) is 6.14. The second-order valence-electron chi connectivity index (χ2n) is 5.65. The van der Waals surface area contributed by atoms with Crippen molar-refractivity contribution in [1.82, 2.24) is 5.32 Å². The normalized spacial score (nSPS) is 11.8. The van der Waals surface area contributed by atoms with Gasteiger partial charge in [-0.1, -0.05) is 0 Å². The molecule has 1 amide bonds. The predicted octanol–water partition coefficient (Wildman–Crippen LogP) is 1.82. The summed E-state index contributed by atoms with van der Waals surface area (Å²) in [4.78, 5) is 23.6. The van der Waals surface area contributed by atoms with E-state index in [0.29, 0.717) is 23.6 Å². The van der Waals surface area contributed by atoms with E-state index in [0.717, 1.165) is 0 Å². The van der Waals surface area contributed by atoms with Crippen LogP contribution in [0.25, 0.3) is 0 Å². The van der Waals surface area contributed by atoms with Crippen LogP contribution < -0.4 is 15.4 Å². The van der Waals surface area contributed by atoms with E-state index in [9.17, 15) is 9.59 Å². The van der Waals surface area contributed by atoms with E-state index >= 15 is 0 Å². The Hall–Kier alpha value is -2.28. The Morgan fingerprint density at radius 2 is 1.88 bits per heavy atom. The van der Waals surface area contributed by atoms with Gasteiger partial charge in [-0.2, -0.15) is 0 Å². The molecule has 24 heavy (non-hydrogen) atoms. The maximum Gasteiger partial charge on any atom is 0.337 e. The van der Waals surface area contributed by atoms with E-state index in [2.05, 4.69) is 10.6 Å². The van der Waals surface area contributed by atoms with Gasteiger partial charge >= 0.3 is 5.97 Å². The molecule has 2 N–H and O–H groups in total. The zero-order valence-corrected chi connectivity index (χ0v) is 14.8. The van der Waals surface area contributed by atoms with Gasteiger partial charge in [-0.25, -0.2) is 4.79 Å². The van der Waals surface area contributed by atoms with Crippen LogP contribution in [0.4, 0.5) is 5.69 Å². The second-order valence-corrected chi connectivity index (χ2v) is 5.65. The van der Waals surface area contributed by atoms with Crippen LogP contribution in [-0.4, -0.2) is 51.4 Å². The zero-order chi connectivity index (χ0) is 18.1. The van der Waals surface area contributed by atoms with E-state index in [-0.39, 0.29) is 24.6 Å². The van der Waals surface area contributed by atoms with Gasteiger partial charge in [0.2, 0.25) is 5.91 Å². The highest BCUT2D eigenvalue weighted by Gasteiger charge is 2.13. The molecule has 0 aliphatic carbocycles. The molecule has 134 valence electrons. The molecular formula is C17H26N2O5. The number of methoxy groups -OCH3 is 2. The van der Waals surface area contributed by atoms with E-state index in [4.69, 9.17) is 14.2 Å². The summed E-state index contributed by atoms with van der Waals surface area (Å²) in [5, 5.41) is 5.80. The van der Waals surface area contributed by atoms with Crippen LogP contribution in [0.15, 0.2) is 18.2 Å². The van der Waals surface area contributed by atoms with Crippen LogP contribution in [0.5, 0.6) is 5.75 Å². The first kappa shape index (κ1) is 19.8. The first-order chi connectivity index (χ1) is 11.4. The van der Waals surface area contributed by atoms with Gasteiger partial charge < -0.3 is 24.8 Å². The molecule has 0 saturated heterocycles. The summed E-state index contributed by atoms with van der Waals surface area (Å²) in [7, 11) is 2.90. The monoisotopic (exact) mass is 338 g/mol. The predicted molar refractivity (Wildman–Crippen MR) is 91.5 cm³/mol. The van der Waals surface area contributed by atoms with Crippen molar-refractivity contribution in [3.63, 3.8) is 0 Å². The number of nitrogens with one attached hydrogen (secondary N) is 2. The van der Waals surface area contributed by atoms with Gasteiger partial charge in [-0.3, -0.25) is 4.79 Å². The lowest BCUT2D eigenvalue weighted by atomic mass is 10.2. The van der Waals surface area contributed by atoms with Crippen molar-refractivity contribution in [2.24, 2.45) is 0 Å². The molecule has 1 aromatic rings. The van der Waals surface area contributed by atoms with E-state index in [1.54, 1.807) is 25.3 Å². The van der Waals surface area contributed by atoms with Crippen molar-refractivity contribution in [3.8, 4) is 5.75 Å². The van der Waals surface area contributed by atoms with Crippen molar-refractivity contribution >= 4 is 17.6 Å². The lowest BCUT2D eigenvalue weighted by Crippen LogP contribution is -2.39. The first-order valence-corrected chi connectivity index (χ1v) is 7.78. The van der Waals surface area contributed by atoms with Gasteiger partial charge in [0.15, 0.2) is 0 Å². The molecule has 0 aliphatic rings. The highest BCUT2D eigenvalue weighted by Crippen LogP contribution is 2.27. The molecule has 7 nitrogen and oxygen atoms in total. The van der Waals surface area contributed by atoms with Crippen LogP contribution in [-0.2, 0) is 14.3 Å². The Morgan fingerprint density at radius 1 is 1.17 bits per heavy atom. The maximum atomic E-state index is 11.9. The fourth-order valence-corrected chi connectivity index (χ4v) is 2.06. The third-order valence-corrected chi connectivity index (χ3v) is 3.03. The van der Waals surface area contributed by atoms with E-state index in [1.807, 2.05) is 20.8 Å². The summed E-state index contributed by atoms with van der Waals surface area (Å²) in [5.74, 6) is -0.0683. The Bertz CT molecular complexity index is 560. The van der Waals surface area contributed by atoms with Crippen LogP contribution in [0.2, 0.25) is 0 Å². The summed E-state index contributed by atoms with van der Waals surface area (Å²) in [6.07, 6.45) is -0.0370. The fourth-order valence-electron chi connectivity index (χ4n) is 2.06. The summed E-state index contributed by atoms with van der Waals surface area (Å²) < 4.78 is 15.4. The van der Waals surface area contributed by atoms with Crippen LogP contribution in [0.3, 0.4) is 0 Å². The van der Waals surface area contributed by atoms with Gasteiger partial charge in [0, 0.05) is 13.2 Å². The molecule has 1 rings (SSSR count). The van der Waals surface area contributed by atoms with Gasteiger partial charge in [-0.15, -0.1) is 0 Å². The fraction of sp³-hybridized carbons (Fsp3) is 0.529. The molecule has 0 saturated carbocycles. The highest BCUT2D eigenvalue weighted by atomic mass is 16.5. The summed E-state index contributed by atoms with van der Waals surface area (Å²) >= 11 is 0. The minimum absolute atomic E-state index is 0.0370. The number of rotatable bonds is 9. The minimum atomic E-state index is -0.452. The van der Waals surface area contributed by atoms with Crippen LogP contribution in [0, 0.1) is 0 Å². The Kier molecular flexibility index (Phi) is 8.05. The van der Waals surface area contributed by atoms with E-state index < -0.39 is 5.97 Å². The van der Waals surface area contributed by atoms with Crippen molar-refractivity contribution < 1.29 is 23.8 Å². The third kappa shape index (κ3) is 6.45. The molecule has 1 atom stereocenters. The largest absolute Gasteiger partial charge is 0.489 e. The number of anilines is 1. The molecule has 0 aliphatic heterocycles. The molecule has 0 bridgehead atoms. The van der Waals surface area contributed by atoms with Gasteiger partial charge in [-0.05, 0) is 39.0 Å². The average Bonchev–Trinajstić information content (AvgIpc) is 2.52. The summed E-state index contributed by atoms with van der Waals surface area (Å²) in [5.41, 5.74) is 0.936. The molecular weight excluding hydrogens is 312 g/mol. The number of esters is 1. The van der Waals surface area contributed by atoms with Crippen molar-refractivity contribution in [1.29, 1.82) is 0 Å². The highest BCUT2D eigenvalue weighted by molar-refractivity contribution is 5.91. The first-order valence-electron chi connectivity index (χ1n) is 7.78. The number of benzene rings is 1. The number of hydrogen-bond acceptors (Lipinski definition) is 6. The minimum Gasteiger partial charge on any atom is -0.489 e. The number of ether oxygens (including phenoxy) is 3. The number of amides is 1. The summed E-state index contributed by atoms with van der Waals surface area (Å²) in [6, 6.07) is 4.82. The Morgan fingerprint density at radius 3 is 2.46 bits per heavy atom. The number of carbonyl (C=O) groups is 2. The van der Waals surface area contributed by atoms with Crippen molar-refractivity contribution in [2.45, 2.75) is 32.9 Å². The Balaban J connectivity index is 2.82. The maximum absolute atomic E-state index is 11.9. The SMILES string of the molecule is COC[C@@H](C)NC(=O)CNc1cc(C(=O)OC)ccc1OC(C)C. The topological polar surface area (TPSA) is 85.9 Å². The molecule has 0 heterocycles. The molecule has 7 heteroatoms. The average molecular weight is 338 g/mol. The quantitative estimate of drug-likeness (QED) is 0.668. The zero-order valence-electron chi connectivity index (χ0n) is 14.8. The lowest BCUT2D eigenvalue weighted by Gasteiger charge is -2.17. The van der Waals surface area contributed by atoms with Gasteiger partial charge in [0.05, 0.1) is 37.6 Å². The number of carbonyl (C=O) groups excluding carboxylic acids is 2. The molecule has 0 spiro atoms. The second kappa shape index (κ2) is 9.77. The Labute approximate surface area is 142 Å². The lowest BCUT2D eigenvalue weighted by molar-refractivity contribution is -0.120. The van der Waals surface area contributed by atoms with Gasteiger partial charge in [0.1, 0.15) is 5.75 Å². The molecule has 0 aromatic heterocycles. The number of hydrogen-bond donors (Lipinski definition) is 2. The standard InChI is InChI=1S/C17H26N2O5/c1-11(2)24-15-7-6-13(17(21)23-5)8-14(15)18-9-16(20)19-12(3)10-22-4/h6-8,11-12,18H,9-10H2,1-5H3,(H,19,20)/t12-/m1/s1.